The first kappa shape index (κ1) is 19.0. The number of carbonyl (C=O) groups is 1. The van der Waals surface area contributed by atoms with Crippen LogP contribution < -0.4 is 5.32 Å². The van der Waals surface area contributed by atoms with Crippen LogP contribution in [0.3, 0.4) is 0 Å². The predicted molar refractivity (Wildman–Crippen MR) is 94.4 cm³/mol. The monoisotopic (exact) mass is 363 g/mol. The van der Waals surface area contributed by atoms with E-state index in [0.717, 1.165) is 22.9 Å². The molecule has 0 saturated heterocycles. The van der Waals surface area contributed by atoms with Crippen LogP contribution in [0.15, 0.2) is 54.6 Å². The quantitative estimate of drug-likeness (QED) is 0.729. The van der Waals surface area contributed by atoms with E-state index in [-0.39, 0.29) is 13.2 Å². The Balaban J connectivity index is 1.82. The van der Waals surface area contributed by atoms with Crippen molar-refractivity contribution in [2.24, 2.45) is 0 Å². The molecule has 0 radical (unpaired) electrons. The molecule has 6 nitrogen and oxygen atoms in total. The molecule has 1 N–H and O–H groups in total. The van der Waals surface area contributed by atoms with Crippen LogP contribution in [-0.2, 0) is 38.6 Å². The topological polar surface area (TPSA) is 81.7 Å². The number of benzene rings is 2. The first-order valence-electron chi connectivity index (χ1n) is 7.80. The average Bonchev–Trinajstić information content (AvgIpc) is 2.59. The molecule has 7 heteroatoms. The molecule has 25 heavy (non-hydrogen) atoms. The fraction of sp³-hybridized carbons (Fsp3) is 0.278. The highest BCUT2D eigenvalue weighted by Gasteiger charge is 2.08. The third kappa shape index (κ3) is 7.36. The van der Waals surface area contributed by atoms with Crippen LogP contribution in [0.5, 0.6) is 0 Å². The molecule has 0 atom stereocenters. The predicted octanol–water partition coefficient (Wildman–Crippen LogP) is 2.63. The van der Waals surface area contributed by atoms with Crippen molar-refractivity contribution in [2.45, 2.75) is 19.6 Å². The molecular formula is C18H21NO5S. The third-order valence-corrected chi connectivity index (χ3v) is 4.02. The van der Waals surface area contributed by atoms with Crippen molar-refractivity contribution in [2.75, 3.05) is 12.9 Å². The fourth-order valence-corrected chi connectivity index (χ4v) is 2.60. The summed E-state index contributed by atoms with van der Waals surface area (Å²) in [5.74, 6) is 0. The van der Waals surface area contributed by atoms with E-state index in [9.17, 15) is 13.2 Å². The van der Waals surface area contributed by atoms with Gasteiger partial charge < -0.3 is 10.1 Å². The maximum atomic E-state index is 11.8. The lowest BCUT2D eigenvalue weighted by molar-refractivity contribution is 0.139. The van der Waals surface area contributed by atoms with Gasteiger partial charge in [0, 0.05) is 6.54 Å². The minimum absolute atomic E-state index is 0.0638. The molecule has 0 bridgehead atoms. The van der Waals surface area contributed by atoms with Gasteiger partial charge in [-0.2, -0.15) is 8.42 Å². The van der Waals surface area contributed by atoms with E-state index in [1.807, 2.05) is 54.6 Å². The van der Waals surface area contributed by atoms with Crippen LogP contribution in [0.2, 0.25) is 0 Å². The third-order valence-electron chi connectivity index (χ3n) is 3.42. The highest BCUT2D eigenvalue weighted by Crippen LogP contribution is 2.10. The Labute approximate surface area is 147 Å². The van der Waals surface area contributed by atoms with E-state index in [1.165, 1.54) is 0 Å². The van der Waals surface area contributed by atoms with Gasteiger partial charge in [-0.25, -0.2) is 4.79 Å². The number of hydrogen-bond donors (Lipinski definition) is 1. The van der Waals surface area contributed by atoms with E-state index in [1.54, 1.807) is 0 Å². The van der Waals surface area contributed by atoms with Gasteiger partial charge >= 0.3 is 6.09 Å². The Kier molecular flexibility index (Phi) is 6.97. The molecule has 2 rings (SSSR count). The molecular weight excluding hydrogens is 342 g/mol. The summed E-state index contributed by atoms with van der Waals surface area (Å²) in [7, 11) is -3.46. The second-order valence-electron chi connectivity index (χ2n) is 5.46. The summed E-state index contributed by atoms with van der Waals surface area (Å²) in [5.41, 5.74) is 2.71. The maximum Gasteiger partial charge on any atom is 0.407 e. The summed E-state index contributed by atoms with van der Waals surface area (Å²) >= 11 is 0. The van der Waals surface area contributed by atoms with Gasteiger partial charge in [-0.3, -0.25) is 4.18 Å². The van der Waals surface area contributed by atoms with E-state index < -0.39 is 16.2 Å². The number of hydrogen-bond acceptors (Lipinski definition) is 5. The Morgan fingerprint density at radius 1 is 1.00 bits per heavy atom. The van der Waals surface area contributed by atoms with Crippen LogP contribution in [-0.4, -0.2) is 27.4 Å². The van der Waals surface area contributed by atoms with Crippen molar-refractivity contribution in [3.63, 3.8) is 0 Å². The van der Waals surface area contributed by atoms with Crippen LogP contribution >= 0.6 is 0 Å². The van der Waals surface area contributed by atoms with Gasteiger partial charge in [0.1, 0.15) is 6.61 Å². The lowest BCUT2D eigenvalue weighted by atomic mass is 10.1. The Morgan fingerprint density at radius 2 is 1.64 bits per heavy atom. The largest absolute Gasteiger partial charge is 0.445 e. The van der Waals surface area contributed by atoms with E-state index in [0.29, 0.717) is 13.0 Å². The molecule has 134 valence electrons. The number of amides is 1. The van der Waals surface area contributed by atoms with Crippen molar-refractivity contribution >= 4 is 16.2 Å². The fourth-order valence-electron chi connectivity index (χ4n) is 2.22. The Morgan fingerprint density at radius 3 is 2.32 bits per heavy atom. The van der Waals surface area contributed by atoms with Gasteiger partial charge in [0.15, 0.2) is 0 Å². The summed E-state index contributed by atoms with van der Waals surface area (Å²) < 4.78 is 32.0. The molecule has 0 unspecified atom stereocenters. The minimum atomic E-state index is -3.46. The number of nitrogens with one attached hydrogen (secondary N) is 1. The van der Waals surface area contributed by atoms with Gasteiger partial charge in [-0.05, 0) is 23.1 Å². The second kappa shape index (κ2) is 9.19. The van der Waals surface area contributed by atoms with E-state index in [2.05, 4.69) is 5.32 Å². The molecule has 0 fully saturated rings. The zero-order chi connectivity index (χ0) is 18.1. The molecule has 1 amide bonds. The zero-order valence-electron chi connectivity index (χ0n) is 14.0. The SMILES string of the molecule is CS(=O)(=O)OCCc1ccccc1CNC(=O)OCc1ccccc1. The van der Waals surface area contributed by atoms with Crippen LogP contribution in [0.4, 0.5) is 4.79 Å². The summed E-state index contributed by atoms with van der Waals surface area (Å²) in [4.78, 5) is 11.8. The van der Waals surface area contributed by atoms with Gasteiger partial charge in [0.2, 0.25) is 0 Å². The highest BCUT2D eigenvalue weighted by atomic mass is 32.2. The van der Waals surface area contributed by atoms with Gasteiger partial charge in [-0.1, -0.05) is 54.6 Å². The first-order valence-corrected chi connectivity index (χ1v) is 9.61. The molecule has 0 saturated carbocycles. The van der Waals surface area contributed by atoms with Gasteiger partial charge in [0.05, 0.1) is 12.9 Å². The van der Waals surface area contributed by atoms with E-state index in [4.69, 9.17) is 8.92 Å². The molecule has 2 aromatic carbocycles. The van der Waals surface area contributed by atoms with Crippen LogP contribution in [0.25, 0.3) is 0 Å². The van der Waals surface area contributed by atoms with Gasteiger partial charge in [0.25, 0.3) is 10.1 Å². The number of ether oxygens (including phenoxy) is 1. The number of alkyl carbamates (subject to hydrolysis) is 1. The molecule has 0 aliphatic heterocycles. The number of rotatable bonds is 8. The molecule has 0 aliphatic carbocycles. The summed E-state index contributed by atoms with van der Waals surface area (Å²) in [5, 5.41) is 2.70. The molecule has 0 heterocycles. The van der Waals surface area contributed by atoms with Crippen molar-refractivity contribution in [3.05, 3.63) is 71.3 Å². The van der Waals surface area contributed by atoms with E-state index >= 15 is 0 Å². The van der Waals surface area contributed by atoms with Crippen LogP contribution in [0, 0.1) is 0 Å². The van der Waals surface area contributed by atoms with Crippen molar-refractivity contribution in [1.82, 2.24) is 5.32 Å². The summed E-state index contributed by atoms with van der Waals surface area (Å²) in [6.07, 6.45) is 0.943. The highest BCUT2D eigenvalue weighted by molar-refractivity contribution is 7.85. The smallest absolute Gasteiger partial charge is 0.407 e. The van der Waals surface area contributed by atoms with Crippen molar-refractivity contribution < 1.29 is 22.1 Å². The lowest BCUT2D eigenvalue weighted by Crippen LogP contribution is -2.24. The second-order valence-corrected chi connectivity index (χ2v) is 7.10. The number of carbonyl (C=O) groups excluding carboxylic acids is 1. The normalized spacial score (nSPS) is 11.1. The Hall–Kier alpha value is -2.38. The van der Waals surface area contributed by atoms with Crippen molar-refractivity contribution in [3.8, 4) is 0 Å². The summed E-state index contributed by atoms with van der Waals surface area (Å²) in [6, 6.07) is 16.9. The lowest BCUT2D eigenvalue weighted by Gasteiger charge is -2.11. The molecule has 0 aliphatic rings. The minimum Gasteiger partial charge on any atom is -0.445 e. The molecule has 2 aromatic rings. The average molecular weight is 363 g/mol. The first-order chi connectivity index (χ1) is 11.9. The molecule has 0 aromatic heterocycles. The van der Waals surface area contributed by atoms with Crippen LogP contribution in [0.1, 0.15) is 16.7 Å². The molecule has 0 spiro atoms. The maximum absolute atomic E-state index is 11.8. The van der Waals surface area contributed by atoms with Gasteiger partial charge in [-0.15, -0.1) is 0 Å². The van der Waals surface area contributed by atoms with Crippen molar-refractivity contribution in [1.29, 1.82) is 0 Å². The zero-order valence-corrected chi connectivity index (χ0v) is 14.8. The summed E-state index contributed by atoms with van der Waals surface area (Å²) in [6.45, 7) is 0.563. The standard InChI is InChI=1S/C18H21NO5S/c1-25(21,22)24-12-11-16-9-5-6-10-17(16)13-19-18(20)23-14-15-7-3-2-4-8-15/h2-10H,11-14H2,1H3,(H,19,20). The Bertz CT molecular complexity index is 790.